The molecule has 0 spiro atoms. The van der Waals surface area contributed by atoms with Gasteiger partial charge >= 0.3 is 0 Å². The number of benzene rings is 1. The molecule has 0 radical (unpaired) electrons. The van der Waals surface area contributed by atoms with Crippen molar-refractivity contribution in [1.29, 1.82) is 0 Å². The molecule has 1 fully saturated rings. The molecule has 18 heavy (non-hydrogen) atoms. The summed E-state index contributed by atoms with van der Waals surface area (Å²) >= 11 is 0. The van der Waals surface area contributed by atoms with Crippen molar-refractivity contribution in [3.05, 3.63) is 35.9 Å². The molecule has 0 unspecified atom stereocenters. The minimum atomic E-state index is 0. The third kappa shape index (κ3) is 4.79. The molecular formula is C15H22ClNO. The molecule has 1 aliphatic heterocycles. The van der Waals surface area contributed by atoms with Crippen LogP contribution in [0.5, 0.6) is 0 Å². The number of piperidine rings is 1. The predicted molar refractivity (Wildman–Crippen MR) is 77.2 cm³/mol. The topological polar surface area (TPSA) is 20.3 Å². The van der Waals surface area contributed by atoms with Crippen LogP contribution in [0.4, 0.5) is 0 Å². The highest BCUT2D eigenvalue weighted by Crippen LogP contribution is 2.15. The fourth-order valence-corrected chi connectivity index (χ4v) is 2.46. The van der Waals surface area contributed by atoms with Crippen molar-refractivity contribution in [1.82, 2.24) is 4.90 Å². The maximum absolute atomic E-state index is 10.6. The summed E-state index contributed by atoms with van der Waals surface area (Å²) < 4.78 is 0. The first kappa shape index (κ1) is 15.2. The zero-order chi connectivity index (χ0) is 11.9. The summed E-state index contributed by atoms with van der Waals surface area (Å²) in [5, 5.41) is 0. The van der Waals surface area contributed by atoms with Gasteiger partial charge in [0.1, 0.15) is 6.29 Å². The molecule has 2 nitrogen and oxygen atoms in total. The van der Waals surface area contributed by atoms with E-state index in [-0.39, 0.29) is 12.4 Å². The van der Waals surface area contributed by atoms with Gasteiger partial charge in [0.2, 0.25) is 0 Å². The van der Waals surface area contributed by atoms with Gasteiger partial charge in [0.25, 0.3) is 0 Å². The molecule has 100 valence electrons. The highest BCUT2D eigenvalue weighted by Gasteiger charge is 2.17. The average Bonchev–Trinajstić information content (AvgIpc) is 2.41. The molecule has 0 aromatic heterocycles. The van der Waals surface area contributed by atoms with Crippen molar-refractivity contribution in [2.45, 2.75) is 25.7 Å². The third-order valence-electron chi connectivity index (χ3n) is 3.61. The second-order valence-corrected chi connectivity index (χ2v) is 4.90. The standard InChI is InChI=1S/C15H21NO.ClH/c17-13-15-8-11-16(12-9-15)10-4-7-14-5-2-1-3-6-14;/h1-3,5-6,13,15H,4,7-12H2;1H. The lowest BCUT2D eigenvalue weighted by molar-refractivity contribution is -0.112. The molecule has 0 aliphatic carbocycles. The Balaban J connectivity index is 0.00000162. The number of hydrogen-bond acceptors (Lipinski definition) is 2. The van der Waals surface area contributed by atoms with Gasteiger partial charge in [-0.3, -0.25) is 0 Å². The summed E-state index contributed by atoms with van der Waals surface area (Å²) in [7, 11) is 0. The zero-order valence-electron chi connectivity index (χ0n) is 10.8. The molecule has 1 heterocycles. The van der Waals surface area contributed by atoms with Gasteiger partial charge in [-0.05, 0) is 50.9 Å². The van der Waals surface area contributed by atoms with Crippen LogP contribution in [0.15, 0.2) is 30.3 Å². The van der Waals surface area contributed by atoms with E-state index in [0.717, 1.165) is 38.6 Å². The Hall–Kier alpha value is -0.860. The lowest BCUT2D eigenvalue weighted by Gasteiger charge is -2.29. The smallest absolute Gasteiger partial charge is 0.123 e. The predicted octanol–water partition coefficient (Wildman–Crippen LogP) is 2.95. The van der Waals surface area contributed by atoms with Crippen LogP contribution in [0.1, 0.15) is 24.8 Å². The number of hydrogen-bond donors (Lipinski definition) is 0. The van der Waals surface area contributed by atoms with Crippen LogP contribution in [0.2, 0.25) is 0 Å². The van der Waals surface area contributed by atoms with Crippen molar-refractivity contribution in [3.63, 3.8) is 0 Å². The van der Waals surface area contributed by atoms with Crippen molar-refractivity contribution >= 4 is 18.7 Å². The van der Waals surface area contributed by atoms with E-state index in [1.165, 1.54) is 18.5 Å². The molecule has 0 saturated carbocycles. The minimum absolute atomic E-state index is 0. The molecule has 3 heteroatoms. The first-order chi connectivity index (χ1) is 8.38. The van der Waals surface area contributed by atoms with Crippen LogP contribution in [0.3, 0.4) is 0 Å². The van der Waals surface area contributed by atoms with E-state index in [0.29, 0.717) is 5.92 Å². The van der Waals surface area contributed by atoms with Gasteiger partial charge in [0.05, 0.1) is 0 Å². The number of halogens is 1. The number of aryl methyl sites for hydroxylation is 1. The molecule has 1 aromatic carbocycles. The Morgan fingerprint density at radius 3 is 2.44 bits per heavy atom. The molecule has 0 amide bonds. The summed E-state index contributed by atoms with van der Waals surface area (Å²) in [4.78, 5) is 13.1. The van der Waals surface area contributed by atoms with E-state index < -0.39 is 0 Å². The van der Waals surface area contributed by atoms with Crippen LogP contribution < -0.4 is 0 Å². The molecule has 0 N–H and O–H groups in total. The van der Waals surface area contributed by atoms with Gasteiger partial charge in [-0.1, -0.05) is 30.3 Å². The fourth-order valence-electron chi connectivity index (χ4n) is 2.46. The van der Waals surface area contributed by atoms with Crippen LogP contribution in [0, 0.1) is 5.92 Å². The molecule has 1 aromatic rings. The Bertz CT molecular complexity index is 334. The second-order valence-electron chi connectivity index (χ2n) is 4.90. The van der Waals surface area contributed by atoms with Crippen molar-refractivity contribution < 1.29 is 4.79 Å². The summed E-state index contributed by atoms with van der Waals surface area (Å²) in [6, 6.07) is 10.7. The summed E-state index contributed by atoms with van der Waals surface area (Å²) in [6.07, 6.45) is 5.61. The average molecular weight is 268 g/mol. The molecule has 1 saturated heterocycles. The first-order valence-electron chi connectivity index (χ1n) is 6.60. The number of carbonyl (C=O) groups excluding carboxylic acids is 1. The monoisotopic (exact) mass is 267 g/mol. The van der Waals surface area contributed by atoms with Gasteiger partial charge < -0.3 is 9.69 Å². The number of aldehydes is 1. The Kier molecular flexibility index (Phi) is 6.99. The second kappa shape index (κ2) is 8.28. The van der Waals surface area contributed by atoms with E-state index in [1.54, 1.807) is 0 Å². The van der Waals surface area contributed by atoms with Gasteiger partial charge in [0.15, 0.2) is 0 Å². The molecule has 1 aliphatic rings. The van der Waals surface area contributed by atoms with E-state index in [9.17, 15) is 4.79 Å². The van der Waals surface area contributed by atoms with Crippen LogP contribution in [-0.2, 0) is 11.2 Å². The van der Waals surface area contributed by atoms with Gasteiger partial charge in [-0.2, -0.15) is 0 Å². The molecule has 0 atom stereocenters. The van der Waals surface area contributed by atoms with E-state index in [2.05, 4.69) is 35.2 Å². The van der Waals surface area contributed by atoms with Gasteiger partial charge in [-0.15, -0.1) is 12.4 Å². The number of carbonyl (C=O) groups is 1. The fraction of sp³-hybridized carbons (Fsp3) is 0.533. The van der Waals surface area contributed by atoms with Crippen molar-refractivity contribution in [2.75, 3.05) is 19.6 Å². The maximum atomic E-state index is 10.6. The molecule has 2 rings (SSSR count). The maximum Gasteiger partial charge on any atom is 0.123 e. The summed E-state index contributed by atoms with van der Waals surface area (Å²) in [6.45, 7) is 3.36. The van der Waals surface area contributed by atoms with Crippen LogP contribution in [-0.4, -0.2) is 30.8 Å². The van der Waals surface area contributed by atoms with Crippen molar-refractivity contribution in [3.8, 4) is 0 Å². The van der Waals surface area contributed by atoms with E-state index >= 15 is 0 Å². The minimum Gasteiger partial charge on any atom is -0.303 e. The van der Waals surface area contributed by atoms with Crippen LogP contribution in [0.25, 0.3) is 0 Å². The largest absolute Gasteiger partial charge is 0.303 e. The van der Waals surface area contributed by atoms with E-state index in [4.69, 9.17) is 0 Å². The van der Waals surface area contributed by atoms with E-state index in [1.807, 2.05) is 0 Å². The van der Waals surface area contributed by atoms with Crippen molar-refractivity contribution in [2.24, 2.45) is 5.92 Å². The third-order valence-corrected chi connectivity index (χ3v) is 3.61. The summed E-state index contributed by atoms with van der Waals surface area (Å²) in [5.41, 5.74) is 1.43. The first-order valence-corrected chi connectivity index (χ1v) is 6.60. The van der Waals surface area contributed by atoms with Gasteiger partial charge in [0, 0.05) is 5.92 Å². The highest BCUT2D eigenvalue weighted by molar-refractivity contribution is 5.85. The Labute approximate surface area is 116 Å². The quantitative estimate of drug-likeness (QED) is 0.765. The SMILES string of the molecule is Cl.O=CC1CCN(CCCc2ccccc2)CC1. The molecule has 0 bridgehead atoms. The van der Waals surface area contributed by atoms with Crippen LogP contribution >= 0.6 is 12.4 Å². The number of nitrogens with zero attached hydrogens (tertiary/aromatic N) is 1. The number of rotatable bonds is 5. The lowest BCUT2D eigenvalue weighted by Crippen LogP contribution is -2.34. The van der Waals surface area contributed by atoms with Gasteiger partial charge in [-0.25, -0.2) is 0 Å². The summed E-state index contributed by atoms with van der Waals surface area (Å²) in [5.74, 6) is 0.320. The number of likely N-dealkylation sites (tertiary alicyclic amines) is 1. The normalized spacial score (nSPS) is 17.1. The lowest BCUT2D eigenvalue weighted by atomic mass is 9.98. The Morgan fingerprint density at radius 1 is 1.17 bits per heavy atom. The Morgan fingerprint density at radius 2 is 1.83 bits per heavy atom. The zero-order valence-corrected chi connectivity index (χ0v) is 11.6. The highest BCUT2D eigenvalue weighted by atomic mass is 35.5. The molecular weight excluding hydrogens is 246 g/mol.